The van der Waals surface area contributed by atoms with Crippen LogP contribution in [-0.4, -0.2) is 35.9 Å². The number of nitrogens with one attached hydrogen (secondary N) is 1. The molecule has 0 aliphatic heterocycles. The highest BCUT2D eigenvalue weighted by Gasteiger charge is 2.16. The highest BCUT2D eigenvalue weighted by Crippen LogP contribution is 2.29. The third kappa shape index (κ3) is 3.61. The van der Waals surface area contributed by atoms with Crippen LogP contribution in [0.3, 0.4) is 0 Å². The molecule has 24 heavy (non-hydrogen) atoms. The smallest absolute Gasteiger partial charge is 0.261 e. The van der Waals surface area contributed by atoms with Gasteiger partial charge in [0.1, 0.15) is 4.83 Å². The molecule has 0 fully saturated rings. The zero-order valence-electron chi connectivity index (χ0n) is 13.5. The van der Waals surface area contributed by atoms with Crippen LogP contribution in [0.1, 0.15) is 20.9 Å². The number of carbonyl (C=O) groups is 1. The van der Waals surface area contributed by atoms with Crippen molar-refractivity contribution >= 4 is 39.1 Å². The topological polar surface area (TPSA) is 56.1 Å². The van der Waals surface area contributed by atoms with E-state index in [0.717, 1.165) is 21.5 Å². The lowest BCUT2D eigenvalue weighted by Gasteiger charge is -2.03. The van der Waals surface area contributed by atoms with Crippen LogP contribution in [0.15, 0.2) is 30.3 Å². The Labute approximate surface area is 149 Å². The Morgan fingerprint density at radius 2 is 2.12 bits per heavy atom. The Morgan fingerprint density at radius 3 is 2.83 bits per heavy atom. The maximum Gasteiger partial charge on any atom is 0.261 e. The molecule has 1 amide bonds. The van der Waals surface area contributed by atoms with Crippen LogP contribution in [0.25, 0.3) is 10.2 Å². The number of hydrogen-bond acceptors (Lipinski definition) is 4. The van der Waals surface area contributed by atoms with Crippen molar-refractivity contribution in [2.24, 2.45) is 0 Å². The minimum Gasteiger partial charge on any atom is -0.383 e. The molecule has 0 unspecified atom stereocenters. The van der Waals surface area contributed by atoms with E-state index in [0.29, 0.717) is 29.6 Å². The standard InChI is InChI=1S/C17H18ClN3O2S/c1-11-14-9-15(16(22)19-7-8-23-2)24-17(14)21(20-11)10-12-3-5-13(18)6-4-12/h3-6,9H,7-8,10H2,1-2H3,(H,19,22). The molecule has 3 rings (SSSR count). The molecule has 0 saturated heterocycles. The zero-order valence-corrected chi connectivity index (χ0v) is 15.1. The molecule has 0 aliphatic carbocycles. The Morgan fingerprint density at radius 1 is 1.38 bits per heavy atom. The highest BCUT2D eigenvalue weighted by atomic mass is 35.5. The second-order valence-corrected chi connectivity index (χ2v) is 6.91. The van der Waals surface area contributed by atoms with Crippen LogP contribution >= 0.6 is 22.9 Å². The van der Waals surface area contributed by atoms with Crippen molar-refractivity contribution in [3.8, 4) is 0 Å². The summed E-state index contributed by atoms with van der Waals surface area (Å²) < 4.78 is 6.89. The number of rotatable bonds is 6. The van der Waals surface area contributed by atoms with Crippen LogP contribution in [-0.2, 0) is 11.3 Å². The van der Waals surface area contributed by atoms with Crippen molar-refractivity contribution < 1.29 is 9.53 Å². The molecule has 0 aliphatic rings. The minimum absolute atomic E-state index is 0.0781. The first-order valence-electron chi connectivity index (χ1n) is 7.57. The highest BCUT2D eigenvalue weighted by molar-refractivity contribution is 7.20. The van der Waals surface area contributed by atoms with Crippen molar-refractivity contribution in [3.63, 3.8) is 0 Å². The van der Waals surface area contributed by atoms with Crippen molar-refractivity contribution in [2.45, 2.75) is 13.5 Å². The predicted molar refractivity (Wildman–Crippen MR) is 97.1 cm³/mol. The third-order valence-electron chi connectivity index (χ3n) is 3.67. The summed E-state index contributed by atoms with van der Waals surface area (Å²) in [5.41, 5.74) is 2.04. The molecule has 0 saturated carbocycles. The van der Waals surface area contributed by atoms with E-state index in [1.807, 2.05) is 41.9 Å². The number of aryl methyl sites for hydroxylation is 1. The van der Waals surface area contributed by atoms with Crippen LogP contribution in [0, 0.1) is 6.92 Å². The molecule has 0 bridgehead atoms. The van der Waals surface area contributed by atoms with Gasteiger partial charge in [0.25, 0.3) is 5.91 Å². The molecule has 2 aromatic heterocycles. The fraction of sp³-hybridized carbons (Fsp3) is 0.294. The van der Waals surface area contributed by atoms with Gasteiger partial charge >= 0.3 is 0 Å². The molecular weight excluding hydrogens is 346 g/mol. The first-order valence-corrected chi connectivity index (χ1v) is 8.76. The average molecular weight is 364 g/mol. The summed E-state index contributed by atoms with van der Waals surface area (Å²) in [6.07, 6.45) is 0. The van der Waals surface area contributed by atoms with E-state index in [-0.39, 0.29) is 5.91 Å². The Bertz CT molecular complexity index is 855. The van der Waals surface area contributed by atoms with Crippen LogP contribution in [0.4, 0.5) is 0 Å². The molecule has 1 N–H and O–H groups in total. The number of aromatic nitrogens is 2. The van der Waals surface area contributed by atoms with E-state index in [9.17, 15) is 4.79 Å². The molecule has 0 atom stereocenters. The van der Waals surface area contributed by atoms with Gasteiger partial charge < -0.3 is 10.1 Å². The molecule has 0 spiro atoms. The Kier molecular flexibility index (Phi) is 5.18. The monoisotopic (exact) mass is 363 g/mol. The first-order chi connectivity index (χ1) is 11.6. The van der Waals surface area contributed by atoms with Gasteiger partial charge in [-0.1, -0.05) is 23.7 Å². The summed E-state index contributed by atoms with van der Waals surface area (Å²) in [5.74, 6) is -0.0781. The molecule has 0 radical (unpaired) electrons. The number of amides is 1. The molecule has 126 valence electrons. The van der Waals surface area contributed by atoms with E-state index < -0.39 is 0 Å². The quantitative estimate of drug-likeness (QED) is 0.682. The summed E-state index contributed by atoms with van der Waals surface area (Å²) in [7, 11) is 1.61. The van der Waals surface area contributed by atoms with E-state index >= 15 is 0 Å². The molecule has 2 heterocycles. The lowest BCUT2D eigenvalue weighted by Crippen LogP contribution is -2.26. The number of fused-ring (bicyclic) bond motifs is 1. The number of nitrogens with zero attached hydrogens (tertiary/aromatic N) is 2. The summed E-state index contributed by atoms with van der Waals surface area (Å²) in [6.45, 7) is 3.60. The lowest BCUT2D eigenvalue weighted by atomic mass is 10.2. The maximum atomic E-state index is 12.2. The summed E-state index contributed by atoms with van der Waals surface area (Å²) in [4.78, 5) is 13.9. The van der Waals surface area contributed by atoms with E-state index in [4.69, 9.17) is 16.3 Å². The number of benzene rings is 1. The number of halogens is 1. The number of thiophene rings is 1. The van der Waals surface area contributed by atoms with Gasteiger partial charge in [0.2, 0.25) is 0 Å². The second-order valence-electron chi connectivity index (χ2n) is 5.45. The van der Waals surface area contributed by atoms with Crippen LogP contribution in [0.2, 0.25) is 5.02 Å². The molecule has 7 heteroatoms. The molecule has 3 aromatic rings. The van der Waals surface area contributed by atoms with E-state index in [1.165, 1.54) is 11.3 Å². The number of methoxy groups -OCH3 is 1. The number of hydrogen-bond donors (Lipinski definition) is 1. The van der Waals surface area contributed by atoms with Crippen molar-refractivity contribution in [1.29, 1.82) is 0 Å². The summed E-state index contributed by atoms with van der Waals surface area (Å²) >= 11 is 7.39. The van der Waals surface area contributed by atoms with Gasteiger partial charge in [-0.15, -0.1) is 11.3 Å². The summed E-state index contributed by atoms with van der Waals surface area (Å²) in [6, 6.07) is 9.61. The summed E-state index contributed by atoms with van der Waals surface area (Å²) in [5, 5.41) is 9.17. The van der Waals surface area contributed by atoms with E-state index in [1.54, 1.807) is 7.11 Å². The third-order valence-corrected chi connectivity index (χ3v) is 5.07. The van der Waals surface area contributed by atoms with Crippen LogP contribution < -0.4 is 5.32 Å². The van der Waals surface area contributed by atoms with Crippen molar-refractivity contribution in [2.75, 3.05) is 20.3 Å². The Balaban J connectivity index is 1.84. The Hall–Kier alpha value is -1.89. The lowest BCUT2D eigenvalue weighted by molar-refractivity contribution is 0.0941. The number of carbonyl (C=O) groups excluding carboxylic acids is 1. The molecule has 1 aromatic carbocycles. The van der Waals surface area contributed by atoms with Crippen LogP contribution in [0.5, 0.6) is 0 Å². The second kappa shape index (κ2) is 7.34. The van der Waals surface area contributed by atoms with Gasteiger partial charge in [0, 0.05) is 24.1 Å². The van der Waals surface area contributed by atoms with Gasteiger partial charge in [-0.2, -0.15) is 5.10 Å². The first kappa shape index (κ1) is 17.0. The zero-order chi connectivity index (χ0) is 17.1. The van der Waals surface area contributed by atoms with Gasteiger partial charge in [0.05, 0.1) is 23.7 Å². The van der Waals surface area contributed by atoms with E-state index in [2.05, 4.69) is 10.4 Å². The predicted octanol–water partition coefficient (Wildman–Crippen LogP) is 3.48. The fourth-order valence-corrected chi connectivity index (χ4v) is 3.65. The van der Waals surface area contributed by atoms with Gasteiger partial charge in [-0.25, -0.2) is 0 Å². The average Bonchev–Trinajstić information content (AvgIpc) is 3.12. The molecule has 5 nitrogen and oxygen atoms in total. The molecular formula is C17H18ClN3O2S. The van der Waals surface area contributed by atoms with Crippen molar-refractivity contribution in [3.05, 3.63) is 51.5 Å². The SMILES string of the molecule is COCCNC(=O)c1cc2c(C)nn(Cc3ccc(Cl)cc3)c2s1. The van der Waals surface area contributed by atoms with Gasteiger partial charge in [0.15, 0.2) is 0 Å². The van der Waals surface area contributed by atoms with Gasteiger partial charge in [-0.3, -0.25) is 9.48 Å². The number of ether oxygens (including phenoxy) is 1. The van der Waals surface area contributed by atoms with Crippen molar-refractivity contribution in [1.82, 2.24) is 15.1 Å². The van der Waals surface area contributed by atoms with Gasteiger partial charge in [-0.05, 0) is 30.7 Å². The minimum atomic E-state index is -0.0781. The normalized spacial score (nSPS) is 11.1. The largest absolute Gasteiger partial charge is 0.383 e. The maximum absolute atomic E-state index is 12.2. The fourth-order valence-electron chi connectivity index (χ4n) is 2.45.